The van der Waals surface area contributed by atoms with Crippen molar-refractivity contribution >= 4 is 46.3 Å². The van der Waals surface area contributed by atoms with Crippen LogP contribution >= 0.6 is 35.3 Å². The van der Waals surface area contributed by atoms with E-state index >= 15 is 0 Å². The second-order valence-electron chi connectivity index (χ2n) is 6.19. The van der Waals surface area contributed by atoms with Gasteiger partial charge in [-0.2, -0.15) is 13.2 Å². The summed E-state index contributed by atoms with van der Waals surface area (Å²) >= 11 is 1.76. The number of hydrogen-bond donors (Lipinski definition) is 2. The molecule has 0 spiro atoms. The molecule has 0 unspecified atom stereocenters. The van der Waals surface area contributed by atoms with E-state index < -0.39 is 12.6 Å². The molecule has 0 saturated carbocycles. The van der Waals surface area contributed by atoms with Crippen LogP contribution in [0, 0.1) is 0 Å². The topological polar surface area (TPSA) is 39.7 Å². The second kappa shape index (κ2) is 11.9. The Balaban J connectivity index is 0.00000338. The molecule has 1 aromatic rings. The van der Waals surface area contributed by atoms with E-state index in [-0.39, 0.29) is 30.4 Å². The predicted molar refractivity (Wildman–Crippen MR) is 114 cm³/mol. The van der Waals surface area contributed by atoms with Crippen LogP contribution in [0.25, 0.3) is 0 Å². The first-order valence-corrected chi connectivity index (χ1v) is 9.76. The lowest BCUT2D eigenvalue weighted by atomic mass is 10.1. The van der Waals surface area contributed by atoms with Gasteiger partial charge in [0.15, 0.2) is 5.96 Å². The third-order valence-electron chi connectivity index (χ3n) is 4.14. The average molecular weight is 504 g/mol. The van der Waals surface area contributed by atoms with Gasteiger partial charge in [0.25, 0.3) is 0 Å². The molecule has 0 amide bonds. The van der Waals surface area contributed by atoms with Gasteiger partial charge in [0.1, 0.15) is 0 Å². The summed E-state index contributed by atoms with van der Waals surface area (Å²) in [5, 5.41) is 10.0. The molecule has 2 rings (SSSR count). The van der Waals surface area contributed by atoms with Gasteiger partial charge in [-0.3, -0.25) is 4.99 Å². The Morgan fingerprint density at radius 2 is 2.04 bits per heavy atom. The number of aliphatic imine (C=N–C) groups is 1. The number of nitrogens with one attached hydrogen (secondary N) is 2. The quantitative estimate of drug-likeness (QED) is 0.247. The first kappa shape index (κ1) is 23.3. The molecule has 26 heavy (non-hydrogen) atoms. The summed E-state index contributed by atoms with van der Waals surface area (Å²) in [7, 11) is 0. The minimum Gasteiger partial charge on any atom is -0.363 e. The van der Waals surface area contributed by atoms with E-state index in [1.807, 2.05) is 6.92 Å². The summed E-state index contributed by atoms with van der Waals surface area (Å²) in [6.45, 7) is 5.15. The van der Waals surface area contributed by atoms with Crippen LogP contribution in [-0.2, 0) is 0 Å². The molecule has 1 fully saturated rings. The fraction of sp³-hybridized carbons (Fsp3) is 0.706. The second-order valence-corrected chi connectivity index (χ2v) is 7.12. The van der Waals surface area contributed by atoms with E-state index in [1.165, 1.54) is 5.00 Å². The van der Waals surface area contributed by atoms with Crippen molar-refractivity contribution in [2.24, 2.45) is 4.99 Å². The van der Waals surface area contributed by atoms with Crippen molar-refractivity contribution in [3.63, 3.8) is 0 Å². The van der Waals surface area contributed by atoms with Crippen LogP contribution in [-0.4, -0.2) is 44.4 Å². The normalized spacial score (nSPS) is 16.3. The summed E-state index contributed by atoms with van der Waals surface area (Å²) in [6, 6.07) is 4.56. The number of rotatable bonds is 7. The molecule has 2 heterocycles. The molecule has 0 aliphatic carbocycles. The zero-order valence-corrected chi connectivity index (χ0v) is 18.2. The van der Waals surface area contributed by atoms with E-state index in [2.05, 4.69) is 38.0 Å². The van der Waals surface area contributed by atoms with Crippen LogP contribution in [0.15, 0.2) is 22.5 Å². The molecule has 1 aromatic heterocycles. The van der Waals surface area contributed by atoms with Gasteiger partial charge in [-0.25, -0.2) is 0 Å². The number of halogens is 4. The number of hydrogen-bond acceptors (Lipinski definition) is 3. The predicted octanol–water partition coefficient (Wildman–Crippen LogP) is 4.62. The SMILES string of the molecule is CCNC(=NCCCCC(F)(F)F)NC1CCN(c2cccs2)CC1.I. The summed E-state index contributed by atoms with van der Waals surface area (Å²) in [6.07, 6.45) is -2.16. The van der Waals surface area contributed by atoms with Crippen molar-refractivity contribution in [3.05, 3.63) is 17.5 Å². The maximum Gasteiger partial charge on any atom is 0.389 e. The lowest BCUT2D eigenvalue weighted by molar-refractivity contribution is -0.135. The molecule has 0 atom stereocenters. The summed E-state index contributed by atoms with van der Waals surface area (Å²) in [5.41, 5.74) is 0. The van der Waals surface area contributed by atoms with Crippen LogP contribution < -0.4 is 15.5 Å². The Morgan fingerprint density at radius 3 is 2.62 bits per heavy atom. The largest absolute Gasteiger partial charge is 0.389 e. The Hall–Kier alpha value is -0.710. The highest BCUT2D eigenvalue weighted by Gasteiger charge is 2.25. The Kier molecular flexibility index (Phi) is 10.7. The fourth-order valence-corrected chi connectivity index (χ4v) is 3.62. The smallest absolute Gasteiger partial charge is 0.363 e. The Labute approximate surface area is 174 Å². The molecule has 1 aliphatic heterocycles. The number of guanidine groups is 1. The summed E-state index contributed by atoms with van der Waals surface area (Å²) < 4.78 is 36.4. The lowest BCUT2D eigenvalue weighted by Gasteiger charge is -2.33. The zero-order chi connectivity index (χ0) is 18.1. The maximum absolute atomic E-state index is 12.1. The third kappa shape index (κ3) is 8.79. The number of piperidine rings is 1. The third-order valence-corrected chi connectivity index (χ3v) is 5.07. The molecule has 0 bridgehead atoms. The highest BCUT2D eigenvalue weighted by molar-refractivity contribution is 14.0. The summed E-state index contributed by atoms with van der Waals surface area (Å²) in [5.74, 6) is 0.712. The zero-order valence-electron chi connectivity index (χ0n) is 15.0. The Bertz CT molecular complexity index is 515. The first-order valence-electron chi connectivity index (χ1n) is 8.88. The summed E-state index contributed by atoms with van der Waals surface area (Å²) in [4.78, 5) is 6.80. The van der Waals surface area contributed by atoms with E-state index in [4.69, 9.17) is 0 Å². The molecule has 0 aromatic carbocycles. The van der Waals surface area contributed by atoms with E-state index in [0.717, 1.165) is 32.5 Å². The molecular weight excluding hydrogens is 476 g/mol. The van der Waals surface area contributed by atoms with Gasteiger partial charge in [0, 0.05) is 38.6 Å². The maximum atomic E-state index is 12.1. The monoisotopic (exact) mass is 504 g/mol. The average Bonchev–Trinajstić information content (AvgIpc) is 3.09. The first-order chi connectivity index (χ1) is 12.0. The van der Waals surface area contributed by atoms with Crippen LogP contribution in [0.2, 0.25) is 0 Å². The van der Waals surface area contributed by atoms with Gasteiger partial charge >= 0.3 is 6.18 Å². The molecule has 1 saturated heterocycles. The van der Waals surface area contributed by atoms with Crippen LogP contribution in [0.5, 0.6) is 0 Å². The number of thiophene rings is 1. The van der Waals surface area contributed by atoms with Gasteiger partial charge in [0.2, 0.25) is 0 Å². The molecule has 150 valence electrons. The standard InChI is InChI=1S/C17H27F3N4S.HI/c1-2-21-16(22-10-4-3-9-17(18,19)20)23-14-7-11-24(12-8-14)15-6-5-13-25-15;/h5-6,13-14H,2-4,7-12H2,1H3,(H2,21,22,23);1H. The minimum absolute atomic E-state index is 0. The molecule has 2 N–H and O–H groups in total. The number of unbranched alkanes of at least 4 members (excludes halogenated alkanes) is 1. The molecule has 9 heteroatoms. The molecule has 4 nitrogen and oxygen atoms in total. The number of alkyl halides is 3. The van der Waals surface area contributed by atoms with Crippen LogP contribution in [0.1, 0.15) is 39.0 Å². The number of anilines is 1. The highest BCUT2D eigenvalue weighted by atomic mass is 127. The minimum atomic E-state index is -4.07. The number of nitrogens with zero attached hydrogens (tertiary/aromatic N) is 2. The Morgan fingerprint density at radius 1 is 1.31 bits per heavy atom. The highest BCUT2D eigenvalue weighted by Crippen LogP contribution is 2.25. The molecule has 1 aliphatic rings. The van der Waals surface area contributed by atoms with Crippen molar-refractivity contribution in [3.8, 4) is 0 Å². The van der Waals surface area contributed by atoms with Gasteiger partial charge in [-0.1, -0.05) is 0 Å². The molecular formula is C17H28F3IN4S. The molecule has 0 radical (unpaired) electrons. The van der Waals surface area contributed by atoms with Crippen LogP contribution in [0.3, 0.4) is 0 Å². The van der Waals surface area contributed by atoms with E-state index in [9.17, 15) is 13.2 Å². The van der Waals surface area contributed by atoms with Crippen molar-refractivity contribution < 1.29 is 13.2 Å². The van der Waals surface area contributed by atoms with Gasteiger partial charge < -0.3 is 15.5 Å². The van der Waals surface area contributed by atoms with Gasteiger partial charge in [-0.05, 0) is 50.1 Å². The van der Waals surface area contributed by atoms with Crippen molar-refractivity contribution in [2.45, 2.75) is 51.2 Å². The van der Waals surface area contributed by atoms with Gasteiger partial charge in [0.05, 0.1) is 5.00 Å². The van der Waals surface area contributed by atoms with Crippen molar-refractivity contribution in [2.75, 3.05) is 31.1 Å². The lowest BCUT2D eigenvalue weighted by Crippen LogP contribution is -2.48. The van der Waals surface area contributed by atoms with Crippen LogP contribution in [0.4, 0.5) is 18.2 Å². The van der Waals surface area contributed by atoms with E-state index in [0.29, 0.717) is 25.0 Å². The van der Waals surface area contributed by atoms with Crippen molar-refractivity contribution in [1.82, 2.24) is 10.6 Å². The van der Waals surface area contributed by atoms with Gasteiger partial charge in [-0.15, -0.1) is 35.3 Å². The van der Waals surface area contributed by atoms with Crippen molar-refractivity contribution in [1.29, 1.82) is 0 Å². The fourth-order valence-electron chi connectivity index (χ4n) is 2.84. The van der Waals surface area contributed by atoms with E-state index in [1.54, 1.807) is 11.3 Å².